The van der Waals surface area contributed by atoms with Gasteiger partial charge in [-0.05, 0) is 49.2 Å². The van der Waals surface area contributed by atoms with Crippen LogP contribution in [0.3, 0.4) is 0 Å². The number of hydrogen-bond acceptors (Lipinski definition) is 3. The second-order valence-electron chi connectivity index (χ2n) is 5.41. The van der Waals surface area contributed by atoms with Crippen molar-refractivity contribution < 1.29 is 13.2 Å². The molecular weight excluding hydrogens is 378 g/mol. The van der Waals surface area contributed by atoms with Crippen molar-refractivity contribution >= 4 is 26.0 Å². The summed E-state index contributed by atoms with van der Waals surface area (Å²) in [5.74, 6) is 0. The number of benzene rings is 2. The number of nitrogens with one attached hydrogen (secondary N) is 1. The Kier molecular flexibility index (Phi) is 6.35. The van der Waals surface area contributed by atoms with Gasteiger partial charge in [0.15, 0.2) is 0 Å². The van der Waals surface area contributed by atoms with E-state index in [-0.39, 0.29) is 17.5 Å². The molecule has 0 radical (unpaired) electrons. The fourth-order valence-corrected chi connectivity index (χ4v) is 3.27. The van der Waals surface area contributed by atoms with Crippen molar-refractivity contribution in [2.45, 2.75) is 38.0 Å². The monoisotopic (exact) mass is 397 g/mol. The van der Waals surface area contributed by atoms with Crippen molar-refractivity contribution in [1.82, 2.24) is 4.72 Å². The van der Waals surface area contributed by atoms with E-state index in [0.717, 1.165) is 15.6 Å². The Labute approximate surface area is 146 Å². The van der Waals surface area contributed by atoms with Crippen molar-refractivity contribution in [3.05, 3.63) is 64.1 Å². The molecule has 4 nitrogen and oxygen atoms in total. The maximum absolute atomic E-state index is 12.3. The van der Waals surface area contributed by atoms with Gasteiger partial charge in [-0.3, -0.25) is 0 Å². The van der Waals surface area contributed by atoms with E-state index in [2.05, 4.69) is 20.7 Å². The van der Waals surface area contributed by atoms with Crippen molar-refractivity contribution in [2.75, 3.05) is 0 Å². The van der Waals surface area contributed by atoms with Gasteiger partial charge in [0.1, 0.15) is 0 Å². The van der Waals surface area contributed by atoms with Crippen LogP contribution in [-0.4, -0.2) is 14.5 Å². The summed E-state index contributed by atoms with van der Waals surface area (Å²) in [4.78, 5) is 0.247. The van der Waals surface area contributed by atoms with Gasteiger partial charge in [0.2, 0.25) is 10.0 Å². The molecule has 0 spiro atoms. The Bertz CT molecular complexity index is 743. The van der Waals surface area contributed by atoms with E-state index >= 15 is 0 Å². The van der Waals surface area contributed by atoms with Crippen LogP contribution in [0.4, 0.5) is 0 Å². The molecule has 0 amide bonds. The molecule has 2 aromatic carbocycles. The van der Waals surface area contributed by atoms with Crippen molar-refractivity contribution in [3.63, 3.8) is 0 Å². The van der Waals surface area contributed by atoms with Crippen LogP contribution in [0.15, 0.2) is 57.9 Å². The Hall–Kier alpha value is -1.21. The number of hydrogen-bond donors (Lipinski definition) is 1. The molecule has 0 aliphatic heterocycles. The summed E-state index contributed by atoms with van der Waals surface area (Å²) >= 11 is 3.30. The SMILES string of the molecule is CC(C)OCc1ccccc1CNS(=O)(=O)c1ccc(Br)cc1. The third-order valence-corrected chi connectivity index (χ3v) is 5.21. The van der Waals surface area contributed by atoms with E-state index in [1.807, 2.05) is 38.1 Å². The standard InChI is InChI=1S/C17H20BrNO3S/c1-13(2)22-12-15-6-4-3-5-14(15)11-19-23(20,21)17-9-7-16(18)8-10-17/h3-10,13,19H,11-12H2,1-2H3. The largest absolute Gasteiger partial charge is 0.374 e. The number of ether oxygens (including phenoxy) is 1. The lowest BCUT2D eigenvalue weighted by Gasteiger charge is -2.13. The van der Waals surface area contributed by atoms with Gasteiger partial charge < -0.3 is 4.74 Å². The Morgan fingerprint density at radius 2 is 1.65 bits per heavy atom. The molecule has 0 aromatic heterocycles. The number of sulfonamides is 1. The fraction of sp³-hybridized carbons (Fsp3) is 0.294. The molecule has 0 saturated heterocycles. The summed E-state index contributed by atoms with van der Waals surface area (Å²) < 4.78 is 33.8. The van der Waals surface area contributed by atoms with Crippen molar-refractivity contribution in [3.8, 4) is 0 Å². The summed E-state index contributed by atoms with van der Waals surface area (Å²) in [7, 11) is -3.53. The maximum atomic E-state index is 12.3. The highest BCUT2D eigenvalue weighted by atomic mass is 79.9. The zero-order valence-corrected chi connectivity index (χ0v) is 15.5. The first-order valence-electron chi connectivity index (χ1n) is 7.32. The van der Waals surface area contributed by atoms with Gasteiger partial charge in [0.05, 0.1) is 17.6 Å². The molecule has 0 fully saturated rings. The first kappa shape index (κ1) is 18.1. The zero-order chi connectivity index (χ0) is 16.9. The minimum absolute atomic E-state index is 0.127. The van der Waals surface area contributed by atoms with Gasteiger partial charge in [0, 0.05) is 11.0 Å². The van der Waals surface area contributed by atoms with Crippen molar-refractivity contribution in [2.24, 2.45) is 0 Å². The van der Waals surface area contributed by atoms with Gasteiger partial charge in [-0.25, -0.2) is 13.1 Å². The molecular formula is C17H20BrNO3S. The summed E-state index contributed by atoms with van der Waals surface area (Å²) in [6.07, 6.45) is 0.127. The van der Waals surface area contributed by atoms with E-state index in [4.69, 9.17) is 4.74 Å². The highest BCUT2D eigenvalue weighted by Gasteiger charge is 2.14. The average molecular weight is 398 g/mol. The van der Waals surface area contributed by atoms with E-state index < -0.39 is 10.0 Å². The Morgan fingerprint density at radius 3 is 2.26 bits per heavy atom. The predicted molar refractivity (Wildman–Crippen MR) is 94.5 cm³/mol. The molecule has 6 heteroatoms. The zero-order valence-electron chi connectivity index (χ0n) is 13.1. The van der Waals surface area contributed by atoms with Crippen LogP contribution < -0.4 is 4.72 Å². The second-order valence-corrected chi connectivity index (χ2v) is 8.09. The van der Waals surface area contributed by atoms with Crippen LogP contribution >= 0.6 is 15.9 Å². The molecule has 0 atom stereocenters. The van der Waals surface area contributed by atoms with Gasteiger partial charge >= 0.3 is 0 Å². The Morgan fingerprint density at radius 1 is 1.04 bits per heavy atom. The van der Waals surface area contributed by atoms with Crippen molar-refractivity contribution in [1.29, 1.82) is 0 Å². The molecule has 0 heterocycles. The first-order valence-corrected chi connectivity index (χ1v) is 9.60. The molecule has 2 aromatic rings. The third-order valence-electron chi connectivity index (χ3n) is 3.27. The molecule has 0 aliphatic rings. The molecule has 0 bridgehead atoms. The van der Waals surface area contributed by atoms with Gasteiger partial charge in [0.25, 0.3) is 0 Å². The number of rotatable bonds is 7. The first-order chi connectivity index (χ1) is 10.9. The summed E-state index contributed by atoms with van der Waals surface area (Å²) in [5, 5.41) is 0. The average Bonchev–Trinajstić information content (AvgIpc) is 2.52. The fourth-order valence-electron chi connectivity index (χ4n) is 2.00. The molecule has 0 saturated carbocycles. The van der Waals surface area contributed by atoms with Crippen LogP contribution in [-0.2, 0) is 27.9 Å². The van der Waals surface area contributed by atoms with E-state index in [0.29, 0.717) is 6.61 Å². The normalized spacial score (nSPS) is 11.8. The van der Waals surface area contributed by atoms with Gasteiger partial charge in [-0.15, -0.1) is 0 Å². The van der Waals surface area contributed by atoms with Gasteiger partial charge in [-0.2, -0.15) is 0 Å². The molecule has 124 valence electrons. The van der Waals surface area contributed by atoms with Crippen LogP contribution in [0.25, 0.3) is 0 Å². The molecule has 1 N–H and O–H groups in total. The molecule has 0 aliphatic carbocycles. The minimum Gasteiger partial charge on any atom is -0.374 e. The van der Waals surface area contributed by atoms with E-state index in [9.17, 15) is 8.42 Å². The molecule has 0 unspecified atom stereocenters. The predicted octanol–water partition coefficient (Wildman–Crippen LogP) is 3.85. The van der Waals surface area contributed by atoms with Gasteiger partial charge in [-0.1, -0.05) is 40.2 Å². The summed E-state index contributed by atoms with van der Waals surface area (Å²) in [6.45, 7) is 4.64. The van der Waals surface area contributed by atoms with Crippen LogP contribution in [0.2, 0.25) is 0 Å². The highest BCUT2D eigenvalue weighted by Crippen LogP contribution is 2.16. The lowest BCUT2D eigenvalue weighted by atomic mass is 10.1. The minimum atomic E-state index is -3.53. The maximum Gasteiger partial charge on any atom is 0.240 e. The molecule has 23 heavy (non-hydrogen) atoms. The number of halogens is 1. The summed E-state index contributed by atoms with van der Waals surface area (Å²) in [5.41, 5.74) is 1.90. The van der Waals surface area contributed by atoms with Crippen LogP contribution in [0.5, 0.6) is 0 Å². The third kappa shape index (κ3) is 5.42. The van der Waals surface area contributed by atoms with E-state index in [1.165, 1.54) is 0 Å². The highest BCUT2D eigenvalue weighted by molar-refractivity contribution is 9.10. The van der Waals surface area contributed by atoms with Crippen LogP contribution in [0.1, 0.15) is 25.0 Å². The topological polar surface area (TPSA) is 55.4 Å². The quantitative estimate of drug-likeness (QED) is 0.771. The van der Waals surface area contributed by atoms with Crippen LogP contribution in [0, 0.1) is 0 Å². The Balaban J connectivity index is 2.09. The lowest BCUT2D eigenvalue weighted by Crippen LogP contribution is -2.24. The smallest absolute Gasteiger partial charge is 0.240 e. The lowest BCUT2D eigenvalue weighted by molar-refractivity contribution is 0.0652. The van der Waals surface area contributed by atoms with E-state index in [1.54, 1.807) is 24.3 Å². The molecule has 2 rings (SSSR count). The summed E-state index contributed by atoms with van der Waals surface area (Å²) in [6, 6.07) is 14.2. The second kappa shape index (κ2) is 8.06.